The van der Waals surface area contributed by atoms with Crippen LogP contribution in [0.5, 0.6) is 0 Å². The van der Waals surface area contributed by atoms with E-state index < -0.39 is 5.97 Å². The average Bonchev–Trinajstić information content (AvgIpc) is 3.40. The molecule has 0 aliphatic heterocycles. The predicted molar refractivity (Wildman–Crippen MR) is 121 cm³/mol. The molecule has 0 bridgehead atoms. The largest absolute Gasteiger partial charge is 0.480 e. The summed E-state index contributed by atoms with van der Waals surface area (Å²) in [5.41, 5.74) is 5.73. The van der Waals surface area contributed by atoms with Crippen LogP contribution in [0.2, 0.25) is 5.02 Å². The Kier molecular flexibility index (Phi) is 5.14. The van der Waals surface area contributed by atoms with Crippen LogP contribution in [0.4, 0.5) is 0 Å². The fraction of sp³-hybridized carbons (Fsp3) is 0.160. The van der Waals surface area contributed by atoms with Gasteiger partial charge in [-0.25, -0.2) is 4.98 Å². The van der Waals surface area contributed by atoms with Crippen molar-refractivity contribution >= 4 is 28.7 Å². The van der Waals surface area contributed by atoms with Crippen LogP contribution in [0, 0.1) is 11.3 Å². The molecule has 0 spiro atoms. The monoisotopic (exact) mass is 443 g/mol. The van der Waals surface area contributed by atoms with Crippen molar-refractivity contribution in [2.75, 3.05) is 6.54 Å². The molecule has 0 amide bonds. The van der Waals surface area contributed by atoms with Gasteiger partial charge in [0.25, 0.3) is 0 Å². The van der Waals surface area contributed by atoms with Crippen LogP contribution in [-0.2, 0) is 11.2 Å². The van der Waals surface area contributed by atoms with Crippen LogP contribution in [0.1, 0.15) is 29.2 Å². The Bertz CT molecular complexity index is 1390. The maximum atomic E-state index is 11.0. The first-order chi connectivity index (χ1) is 15.6. The zero-order chi connectivity index (χ0) is 22.2. The van der Waals surface area contributed by atoms with E-state index in [0.29, 0.717) is 39.6 Å². The number of nitrogens with one attached hydrogen (secondary N) is 1. The second kappa shape index (κ2) is 8.12. The molecule has 0 unspecified atom stereocenters. The highest BCUT2D eigenvalue weighted by molar-refractivity contribution is 6.36. The maximum Gasteiger partial charge on any atom is 0.317 e. The first-order valence-electron chi connectivity index (χ1n) is 10.2. The van der Waals surface area contributed by atoms with Gasteiger partial charge in [-0.3, -0.25) is 4.79 Å². The molecule has 1 aliphatic rings. The van der Waals surface area contributed by atoms with E-state index in [1.54, 1.807) is 0 Å². The van der Waals surface area contributed by atoms with Crippen molar-refractivity contribution < 1.29 is 14.3 Å². The van der Waals surface area contributed by atoms with Crippen molar-refractivity contribution in [3.63, 3.8) is 0 Å². The van der Waals surface area contributed by atoms with Crippen LogP contribution in [0.25, 0.3) is 33.7 Å². The van der Waals surface area contributed by atoms with Gasteiger partial charge in [-0.2, -0.15) is 5.26 Å². The normalized spacial score (nSPS) is 14.9. The molecule has 1 atom stereocenters. The van der Waals surface area contributed by atoms with E-state index >= 15 is 0 Å². The highest BCUT2D eigenvalue weighted by Crippen LogP contribution is 2.41. The zero-order valence-corrected chi connectivity index (χ0v) is 17.7. The summed E-state index contributed by atoms with van der Waals surface area (Å²) in [6.45, 7) is -0.143. The lowest BCUT2D eigenvalue weighted by molar-refractivity contribution is -0.136. The third-order valence-electron chi connectivity index (χ3n) is 5.81. The Labute approximate surface area is 189 Å². The second-order valence-corrected chi connectivity index (χ2v) is 8.08. The van der Waals surface area contributed by atoms with E-state index in [1.807, 2.05) is 54.6 Å². The molecule has 4 aromatic rings. The molecule has 1 heterocycles. The maximum absolute atomic E-state index is 11.0. The van der Waals surface area contributed by atoms with Crippen LogP contribution in [0.15, 0.2) is 59.0 Å². The van der Waals surface area contributed by atoms with Crippen molar-refractivity contribution in [1.82, 2.24) is 10.3 Å². The van der Waals surface area contributed by atoms with E-state index in [2.05, 4.69) is 16.4 Å². The third kappa shape index (κ3) is 3.42. The number of rotatable bonds is 5. The number of carboxylic acids is 1. The van der Waals surface area contributed by atoms with Crippen molar-refractivity contribution in [2.45, 2.75) is 18.9 Å². The van der Waals surface area contributed by atoms with Gasteiger partial charge < -0.3 is 14.8 Å². The van der Waals surface area contributed by atoms with E-state index in [4.69, 9.17) is 21.1 Å². The Balaban J connectivity index is 1.61. The summed E-state index contributed by atoms with van der Waals surface area (Å²) in [5.74, 6) is -0.574. The third-order valence-corrected chi connectivity index (χ3v) is 6.21. The Hall–Kier alpha value is -3.66. The molecule has 6 nitrogen and oxygen atoms in total. The number of carbonyl (C=O) groups is 1. The summed E-state index contributed by atoms with van der Waals surface area (Å²) in [7, 11) is 0. The molecule has 5 rings (SSSR count). The van der Waals surface area contributed by atoms with Gasteiger partial charge in [-0.1, -0.05) is 54.1 Å². The molecular weight excluding hydrogens is 426 g/mol. The van der Waals surface area contributed by atoms with Gasteiger partial charge in [0, 0.05) is 11.6 Å². The molecular formula is C25H18ClN3O3. The smallest absolute Gasteiger partial charge is 0.317 e. The minimum Gasteiger partial charge on any atom is -0.480 e. The second-order valence-electron chi connectivity index (χ2n) is 7.70. The van der Waals surface area contributed by atoms with Gasteiger partial charge in [0.2, 0.25) is 5.89 Å². The number of aromatic nitrogens is 1. The van der Waals surface area contributed by atoms with Crippen molar-refractivity contribution in [2.24, 2.45) is 0 Å². The van der Waals surface area contributed by atoms with Gasteiger partial charge >= 0.3 is 5.97 Å². The zero-order valence-electron chi connectivity index (χ0n) is 16.9. The van der Waals surface area contributed by atoms with Gasteiger partial charge in [0.05, 0.1) is 17.1 Å². The van der Waals surface area contributed by atoms with Crippen LogP contribution in [0.3, 0.4) is 0 Å². The number of oxazole rings is 1. The molecule has 2 N–H and O–H groups in total. The highest BCUT2D eigenvalue weighted by Gasteiger charge is 2.29. The van der Waals surface area contributed by atoms with Gasteiger partial charge in [0.1, 0.15) is 17.1 Å². The Morgan fingerprint density at radius 3 is 2.75 bits per heavy atom. The molecule has 0 saturated carbocycles. The van der Waals surface area contributed by atoms with E-state index in [0.717, 1.165) is 28.7 Å². The molecule has 1 aliphatic carbocycles. The summed E-state index contributed by atoms with van der Waals surface area (Å²) < 4.78 is 6.07. The number of hydrogen-bond acceptors (Lipinski definition) is 5. The van der Waals surface area contributed by atoms with Crippen LogP contribution >= 0.6 is 11.6 Å². The highest BCUT2D eigenvalue weighted by atomic mass is 35.5. The average molecular weight is 444 g/mol. The summed E-state index contributed by atoms with van der Waals surface area (Å²) in [5, 5.41) is 22.4. The molecule has 1 aromatic heterocycles. The summed E-state index contributed by atoms with van der Waals surface area (Å²) in [4.78, 5) is 15.6. The number of hydrogen-bond donors (Lipinski definition) is 2. The Morgan fingerprint density at radius 1 is 1.22 bits per heavy atom. The standard InChI is InChI=1S/C25H18ClN3O3/c26-23-15(14-5-2-1-3-6-14)7-4-8-17(23)25-29-21-11-18-16(19(12-27)24(21)32-25)9-10-20(18)28-13-22(30)31/h1-8,11,20,28H,9-10,13H2,(H,30,31)/t20-/m1/s1. The van der Waals surface area contributed by atoms with Crippen LogP contribution in [-0.4, -0.2) is 22.6 Å². The number of halogens is 1. The fourth-order valence-electron chi connectivity index (χ4n) is 4.34. The predicted octanol–water partition coefficient (Wildman–Crippen LogP) is 5.35. The molecule has 7 heteroatoms. The number of benzene rings is 3. The van der Waals surface area contributed by atoms with Gasteiger partial charge in [0.15, 0.2) is 5.58 Å². The molecule has 0 radical (unpaired) electrons. The molecule has 32 heavy (non-hydrogen) atoms. The van der Waals surface area contributed by atoms with Gasteiger partial charge in [-0.05, 0) is 41.7 Å². The van der Waals surface area contributed by atoms with Crippen molar-refractivity contribution in [3.8, 4) is 28.7 Å². The molecule has 158 valence electrons. The summed E-state index contributed by atoms with van der Waals surface area (Å²) in [6.07, 6.45) is 1.40. The lowest BCUT2D eigenvalue weighted by Crippen LogP contribution is -2.26. The SMILES string of the molecule is N#Cc1c2c(cc3nc(-c4cccc(-c5ccccc5)c4Cl)oc13)[C@H](NCC(=O)O)CC2. The molecule has 3 aromatic carbocycles. The number of nitriles is 1. The minimum atomic E-state index is -0.920. The minimum absolute atomic E-state index is 0.136. The van der Waals surface area contributed by atoms with Crippen molar-refractivity contribution in [3.05, 3.63) is 76.3 Å². The summed E-state index contributed by atoms with van der Waals surface area (Å²) >= 11 is 6.74. The number of carboxylic acid groups (broad SMARTS) is 1. The first-order valence-corrected chi connectivity index (χ1v) is 10.6. The quantitative estimate of drug-likeness (QED) is 0.431. The Morgan fingerprint density at radius 2 is 2.00 bits per heavy atom. The van der Waals surface area contributed by atoms with E-state index in [1.165, 1.54) is 0 Å². The fourth-order valence-corrected chi connectivity index (χ4v) is 4.66. The topological polar surface area (TPSA) is 99.2 Å². The van der Waals surface area contributed by atoms with Gasteiger partial charge in [-0.15, -0.1) is 0 Å². The van der Waals surface area contributed by atoms with Crippen molar-refractivity contribution in [1.29, 1.82) is 5.26 Å². The lowest BCUT2D eigenvalue weighted by Gasteiger charge is -2.12. The molecule has 0 saturated heterocycles. The molecule has 0 fully saturated rings. The number of fused-ring (bicyclic) bond motifs is 2. The first kappa shape index (κ1) is 20.3. The number of nitrogens with zero attached hydrogens (tertiary/aromatic N) is 2. The number of aliphatic carboxylic acids is 1. The van der Waals surface area contributed by atoms with E-state index in [9.17, 15) is 10.1 Å². The van der Waals surface area contributed by atoms with Crippen LogP contribution < -0.4 is 5.32 Å². The van der Waals surface area contributed by atoms with E-state index in [-0.39, 0.29) is 12.6 Å². The summed E-state index contributed by atoms with van der Waals surface area (Å²) in [6, 6.07) is 19.5. The lowest BCUT2D eigenvalue weighted by atomic mass is 10.0.